The van der Waals surface area contributed by atoms with Gasteiger partial charge in [-0.1, -0.05) is 19.9 Å². The third-order valence-corrected chi connectivity index (χ3v) is 7.23. The molecule has 1 aliphatic rings. The molecule has 2 amide bonds. The van der Waals surface area contributed by atoms with Gasteiger partial charge in [-0.15, -0.1) is 11.8 Å². The molecular weight excluding hydrogens is 394 g/mol. The summed E-state index contributed by atoms with van der Waals surface area (Å²) in [6.45, 7) is 7.12. The van der Waals surface area contributed by atoms with Gasteiger partial charge < -0.3 is 10.6 Å². The summed E-state index contributed by atoms with van der Waals surface area (Å²) in [4.78, 5) is 26.1. The van der Waals surface area contributed by atoms with E-state index in [4.69, 9.17) is 0 Å². The van der Waals surface area contributed by atoms with E-state index in [0.717, 1.165) is 4.90 Å². The molecule has 0 bridgehead atoms. The molecule has 28 heavy (non-hydrogen) atoms. The van der Waals surface area contributed by atoms with E-state index in [1.807, 2.05) is 31.1 Å². The molecule has 148 valence electrons. The van der Waals surface area contributed by atoms with Gasteiger partial charge in [0.2, 0.25) is 5.91 Å². The van der Waals surface area contributed by atoms with Crippen molar-refractivity contribution < 1.29 is 13.8 Å². The summed E-state index contributed by atoms with van der Waals surface area (Å²) in [6, 6.07) is 12.3. The third-order valence-electron chi connectivity index (χ3n) is 4.41. The van der Waals surface area contributed by atoms with E-state index >= 15 is 0 Å². The van der Waals surface area contributed by atoms with Crippen LogP contribution in [0.1, 0.15) is 31.1 Å². The average Bonchev–Trinajstić information content (AvgIpc) is 2.69. The zero-order valence-corrected chi connectivity index (χ0v) is 17.7. The van der Waals surface area contributed by atoms with Crippen molar-refractivity contribution in [3.63, 3.8) is 0 Å². The quantitative estimate of drug-likeness (QED) is 0.751. The van der Waals surface area contributed by atoms with Crippen molar-refractivity contribution in [3.05, 3.63) is 48.0 Å². The average molecular weight is 418 g/mol. The van der Waals surface area contributed by atoms with Crippen molar-refractivity contribution in [1.29, 1.82) is 0 Å². The molecule has 2 atom stereocenters. The summed E-state index contributed by atoms with van der Waals surface area (Å²) in [6.07, 6.45) is 0. The minimum Gasteiger partial charge on any atom is -0.324 e. The number of fused-ring (bicyclic) bond motifs is 1. The Kier molecular flexibility index (Phi) is 6.53. The van der Waals surface area contributed by atoms with E-state index in [1.54, 1.807) is 36.4 Å². The standard InChI is InChI=1S/C20H23N3O3S2/c1-4-23(5-2)28(26)16-8-6-7-15(12-16)21-20(25)14-9-10-18-17(11-14)22-19(24)13(3)27-18/h6-13H,4-5H2,1-3H3,(H,21,25)(H,22,24)/t13-,28?/m1/s1. The first-order chi connectivity index (χ1) is 13.4. The van der Waals surface area contributed by atoms with Gasteiger partial charge in [0.15, 0.2) is 0 Å². The van der Waals surface area contributed by atoms with Gasteiger partial charge in [-0.3, -0.25) is 9.59 Å². The predicted molar refractivity (Wildman–Crippen MR) is 114 cm³/mol. The summed E-state index contributed by atoms with van der Waals surface area (Å²) in [5.74, 6) is -0.354. The number of carbonyl (C=O) groups is 2. The minimum atomic E-state index is -1.27. The molecule has 3 rings (SSSR count). The molecule has 0 spiro atoms. The summed E-state index contributed by atoms with van der Waals surface area (Å²) in [7, 11) is -1.27. The van der Waals surface area contributed by atoms with Crippen LogP contribution in [0.25, 0.3) is 0 Å². The van der Waals surface area contributed by atoms with Crippen molar-refractivity contribution >= 4 is 45.9 Å². The van der Waals surface area contributed by atoms with Crippen LogP contribution in [0.3, 0.4) is 0 Å². The van der Waals surface area contributed by atoms with E-state index in [-0.39, 0.29) is 17.1 Å². The summed E-state index contributed by atoms with van der Waals surface area (Å²) >= 11 is 1.47. The highest BCUT2D eigenvalue weighted by atomic mass is 32.2. The Balaban J connectivity index is 1.77. The van der Waals surface area contributed by atoms with Crippen molar-refractivity contribution in [2.24, 2.45) is 0 Å². The fraction of sp³-hybridized carbons (Fsp3) is 0.300. The second kappa shape index (κ2) is 8.89. The van der Waals surface area contributed by atoms with Crippen LogP contribution in [0.15, 0.2) is 52.3 Å². The summed E-state index contributed by atoms with van der Waals surface area (Å²) in [5, 5.41) is 5.53. The van der Waals surface area contributed by atoms with Gasteiger partial charge in [0.05, 0.1) is 15.8 Å². The molecule has 2 aromatic carbocycles. The zero-order valence-electron chi connectivity index (χ0n) is 16.0. The molecule has 0 saturated heterocycles. The predicted octanol–water partition coefficient (Wildman–Crippen LogP) is 3.74. The van der Waals surface area contributed by atoms with Crippen molar-refractivity contribution in [2.45, 2.75) is 35.8 Å². The Labute approximate surface area is 171 Å². The topological polar surface area (TPSA) is 78.5 Å². The van der Waals surface area contributed by atoms with Gasteiger partial charge in [0.1, 0.15) is 11.0 Å². The Morgan fingerprint density at radius 1 is 1.21 bits per heavy atom. The van der Waals surface area contributed by atoms with Gasteiger partial charge in [-0.05, 0) is 43.3 Å². The van der Waals surface area contributed by atoms with E-state index in [0.29, 0.717) is 34.9 Å². The maximum atomic E-state index is 12.7. The van der Waals surface area contributed by atoms with Crippen LogP contribution in [0, 0.1) is 0 Å². The zero-order chi connectivity index (χ0) is 20.3. The normalized spacial score (nSPS) is 17.0. The van der Waals surface area contributed by atoms with Crippen molar-refractivity contribution in [1.82, 2.24) is 4.31 Å². The number of nitrogens with one attached hydrogen (secondary N) is 2. The first kappa shape index (κ1) is 20.6. The molecule has 1 unspecified atom stereocenters. The van der Waals surface area contributed by atoms with Crippen LogP contribution in [0.2, 0.25) is 0 Å². The van der Waals surface area contributed by atoms with Crippen LogP contribution >= 0.6 is 11.8 Å². The maximum Gasteiger partial charge on any atom is 0.255 e. The van der Waals surface area contributed by atoms with Crippen molar-refractivity contribution in [3.8, 4) is 0 Å². The van der Waals surface area contributed by atoms with Gasteiger partial charge in [-0.2, -0.15) is 0 Å². The number of rotatable bonds is 6. The molecule has 0 radical (unpaired) electrons. The van der Waals surface area contributed by atoms with E-state index in [1.165, 1.54) is 11.8 Å². The van der Waals surface area contributed by atoms with Crippen LogP contribution in [0.5, 0.6) is 0 Å². The van der Waals surface area contributed by atoms with Crippen LogP contribution in [0.4, 0.5) is 11.4 Å². The number of anilines is 2. The Morgan fingerprint density at radius 2 is 1.96 bits per heavy atom. The van der Waals surface area contributed by atoms with Crippen molar-refractivity contribution in [2.75, 3.05) is 23.7 Å². The number of benzene rings is 2. The monoisotopic (exact) mass is 417 g/mol. The van der Waals surface area contributed by atoms with Gasteiger partial charge in [0, 0.05) is 29.2 Å². The SMILES string of the molecule is CCN(CC)S(=O)c1cccc(NC(=O)c2ccc3c(c2)NC(=O)[C@@H](C)S3)c1. The molecular formula is C20H23N3O3S2. The summed E-state index contributed by atoms with van der Waals surface area (Å²) in [5.41, 5.74) is 1.68. The van der Waals surface area contributed by atoms with Gasteiger partial charge >= 0.3 is 0 Å². The minimum absolute atomic E-state index is 0.0679. The molecule has 1 aliphatic heterocycles. The number of carbonyl (C=O) groups excluding carboxylic acids is 2. The second-order valence-electron chi connectivity index (χ2n) is 6.31. The molecule has 0 saturated carbocycles. The van der Waals surface area contributed by atoms with Crippen LogP contribution < -0.4 is 10.6 Å². The number of nitrogens with zero attached hydrogens (tertiary/aromatic N) is 1. The molecule has 2 aromatic rings. The first-order valence-electron chi connectivity index (χ1n) is 9.12. The smallest absolute Gasteiger partial charge is 0.255 e. The molecule has 6 nitrogen and oxygen atoms in total. The fourth-order valence-corrected chi connectivity index (χ4v) is 4.96. The van der Waals surface area contributed by atoms with Gasteiger partial charge in [-0.25, -0.2) is 8.51 Å². The third kappa shape index (κ3) is 4.45. The lowest BCUT2D eigenvalue weighted by Gasteiger charge is -2.21. The first-order valence-corrected chi connectivity index (χ1v) is 11.1. The van der Waals surface area contributed by atoms with Crippen LogP contribution in [-0.2, 0) is 15.8 Å². The number of amides is 2. The van der Waals surface area contributed by atoms with E-state index < -0.39 is 11.0 Å². The number of thioether (sulfide) groups is 1. The van der Waals surface area contributed by atoms with Gasteiger partial charge in [0.25, 0.3) is 5.91 Å². The van der Waals surface area contributed by atoms with E-state index in [9.17, 15) is 13.8 Å². The molecule has 0 fully saturated rings. The highest BCUT2D eigenvalue weighted by Crippen LogP contribution is 2.36. The molecule has 1 heterocycles. The molecule has 0 aliphatic carbocycles. The van der Waals surface area contributed by atoms with Crippen LogP contribution in [-0.4, -0.2) is 38.7 Å². The fourth-order valence-electron chi connectivity index (χ4n) is 2.84. The summed E-state index contributed by atoms with van der Waals surface area (Å²) < 4.78 is 14.5. The Morgan fingerprint density at radius 3 is 2.68 bits per heavy atom. The highest BCUT2D eigenvalue weighted by Gasteiger charge is 2.23. The molecule has 8 heteroatoms. The Hall–Kier alpha value is -2.16. The lowest BCUT2D eigenvalue weighted by molar-refractivity contribution is -0.115. The lowest BCUT2D eigenvalue weighted by Crippen LogP contribution is -2.26. The number of hydrogen-bond donors (Lipinski definition) is 2. The second-order valence-corrected chi connectivity index (χ2v) is 9.17. The van der Waals surface area contributed by atoms with E-state index in [2.05, 4.69) is 10.6 Å². The Bertz CT molecular complexity index is 929. The lowest BCUT2D eigenvalue weighted by atomic mass is 10.1. The molecule has 0 aromatic heterocycles. The number of hydrogen-bond acceptors (Lipinski definition) is 4. The highest BCUT2D eigenvalue weighted by molar-refractivity contribution is 8.01. The molecule has 2 N–H and O–H groups in total. The largest absolute Gasteiger partial charge is 0.324 e. The maximum absolute atomic E-state index is 12.7.